The first kappa shape index (κ1) is 19.6. The normalized spacial score (nSPS) is 11.0. The van der Waals surface area contributed by atoms with Gasteiger partial charge < -0.3 is 10.6 Å². The lowest BCUT2D eigenvalue weighted by Gasteiger charge is -2.11. The number of aryl methyl sites for hydroxylation is 1. The number of carbonyl (C=O) groups excluding carboxylic acids is 2. The van der Waals surface area contributed by atoms with Gasteiger partial charge in [-0.3, -0.25) is 9.59 Å². The lowest BCUT2D eigenvalue weighted by Crippen LogP contribution is -2.30. The van der Waals surface area contributed by atoms with Gasteiger partial charge in [0.1, 0.15) is 5.70 Å². The van der Waals surface area contributed by atoms with Crippen molar-refractivity contribution in [2.45, 2.75) is 6.92 Å². The number of rotatable bonds is 5. The number of benzene rings is 3. The number of carbonyl (C=O) groups is 2. The summed E-state index contributed by atoms with van der Waals surface area (Å²) < 4.78 is 0.915. The Labute approximate surface area is 172 Å². The third kappa shape index (κ3) is 5.41. The van der Waals surface area contributed by atoms with Crippen molar-refractivity contribution in [2.75, 3.05) is 5.32 Å². The molecule has 4 nitrogen and oxygen atoms in total. The Morgan fingerprint density at radius 3 is 2.14 bits per heavy atom. The molecule has 0 saturated carbocycles. The van der Waals surface area contributed by atoms with E-state index < -0.39 is 5.91 Å². The highest BCUT2D eigenvalue weighted by Gasteiger charge is 2.15. The fourth-order valence-corrected chi connectivity index (χ4v) is 2.77. The van der Waals surface area contributed by atoms with Crippen LogP contribution >= 0.6 is 15.9 Å². The van der Waals surface area contributed by atoms with Crippen LogP contribution in [0.1, 0.15) is 21.5 Å². The van der Waals surface area contributed by atoms with Crippen molar-refractivity contribution >= 4 is 39.5 Å². The SMILES string of the molecule is Cc1ccc(C(=O)N/C(=C/c2ccccc2)C(=O)Nc2ccc(Br)cc2)cc1. The van der Waals surface area contributed by atoms with E-state index in [1.165, 1.54) is 0 Å². The van der Waals surface area contributed by atoms with Gasteiger partial charge in [-0.2, -0.15) is 0 Å². The minimum Gasteiger partial charge on any atom is -0.321 e. The summed E-state index contributed by atoms with van der Waals surface area (Å²) >= 11 is 3.37. The predicted octanol–water partition coefficient (Wildman–Crippen LogP) is 5.17. The Morgan fingerprint density at radius 1 is 0.857 bits per heavy atom. The quantitative estimate of drug-likeness (QED) is 0.544. The monoisotopic (exact) mass is 434 g/mol. The minimum absolute atomic E-state index is 0.166. The molecule has 0 saturated heterocycles. The Hall–Kier alpha value is -3.18. The van der Waals surface area contributed by atoms with Crippen molar-refractivity contribution in [1.82, 2.24) is 5.32 Å². The first-order valence-electron chi connectivity index (χ1n) is 8.73. The van der Waals surface area contributed by atoms with Gasteiger partial charge in [0.2, 0.25) is 0 Å². The molecule has 0 radical (unpaired) electrons. The zero-order valence-electron chi connectivity index (χ0n) is 15.3. The highest BCUT2D eigenvalue weighted by atomic mass is 79.9. The van der Waals surface area contributed by atoms with E-state index in [2.05, 4.69) is 26.6 Å². The highest BCUT2D eigenvalue weighted by Crippen LogP contribution is 2.15. The average Bonchev–Trinajstić information content (AvgIpc) is 2.70. The fourth-order valence-electron chi connectivity index (χ4n) is 2.51. The van der Waals surface area contributed by atoms with Crippen LogP contribution in [0.2, 0.25) is 0 Å². The molecule has 0 aliphatic carbocycles. The van der Waals surface area contributed by atoms with Crippen LogP contribution in [0, 0.1) is 6.92 Å². The molecule has 0 atom stereocenters. The first-order valence-corrected chi connectivity index (χ1v) is 9.52. The van der Waals surface area contributed by atoms with E-state index in [4.69, 9.17) is 0 Å². The van der Waals surface area contributed by atoms with E-state index in [-0.39, 0.29) is 11.6 Å². The molecule has 0 heterocycles. The Balaban J connectivity index is 1.85. The smallest absolute Gasteiger partial charge is 0.272 e. The van der Waals surface area contributed by atoms with Crippen molar-refractivity contribution in [3.05, 3.63) is 106 Å². The zero-order chi connectivity index (χ0) is 19.9. The van der Waals surface area contributed by atoms with Crippen LogP contribution in [0.3, 0.4) is 0 Å². The molecule has 28 heavy (non-hydrogen) atoms. The molecule has 140 valence electrons. The van der Waals surface area contributed by atoms with Crippen LogP contribution < -0.4 is 10.6 Å². The second-order valence-corrected chi connectivity index (χ2v) is 7.17. The molecule has 2 amide bonds. The predicted molar refractivity (Wildman–Crippen MR) is 116 cm³/mol. The van der Waals surface area contributed by atoms with Crippen LogP contribution in [0.15, 0.2) is 89.0 Å². The Bertz CT molecular complexity index is 995. The molecule has 0 bridgehead atoms. The molecule has 2 N–H and O–H groups in total. The summed E-state index contributed by atoms with van der Waals surface area (Å²) in [7, 11) is 0. The largest absolute Gasteiger partial charge is 0.321 e. The van der Waals surface area contributed by atoms with Gasteiger partial charge in [-0.15, -0.1) is 0 Å². The van der Waals surface area contributed by atoms with E-state index >= 15 is 0 Å². The van der Waals surface area contributed by atoms with Gasteiger partial charge in [0, 0.05) is 15.7 Å². The van der Waals surface area contributed by atoms with Crippen molar-refractivity contribution in [1.29, 1.82) is 0 Å². The first-order chi connectivity index (χ1) is 13.5. The van der Waals surface area contributed by atoms with Crippen molar-refractivity contribution in [3.63, 3.8) is 0 Å². The molecular weight excluding hydrogens is 416 g/mol. The maximum absolute atomic E-state index is 12.8. The van der Waals surface area contributed by atoms with Crippen molar-refractivity contribution in [2.24, 2.45) is 0 Å². The second-order valence-electron chi connectivity index (χ2n) is 6.25. The van der Waals surface area contributed by atoms with Gasteiger partial charge in [0.15, 0.2) is 0 Å². The summed E-state index contributed by atoms with van der Waals surface area (Å²) in [4.78, 5) is 25.4. The number of hydrogen-bond donors (Lipinski definition) is 2. The van der Waals surface area contributed by atoms with Gasteiger partial charge in [0.25, 0.3) is 11.8 Å². The van der Waals surface area contributed by atoms with Gasteiger partial charge in [-0.05, 0) is 55.0 Å². The maximum atomic E-state index is 12.8. The number of nitrogens with one attached hydrogen (secondary N) is 2. The number of anilines is 1. The van der Waals surface area contributed by atoms with Gasteiger partial charge in [-0.25, -0.2) is 0 Å². The van der Waals surface area contributed by atoms with E-state index in [1.54, 1.807) is 30.3 Å². The van der Waals surface area contributed by atoms with Crippen LogP contribution in [0.4, 0.5) is 5.69 Å². The summed E-state index contributed by atoms with van der Waals surface area (Å²) in [5.74, 6) is -0.736. The Kier molecular flexibility index (Phi) is 6.40. The van der Waals surface area contributed by atoms with Crippen LogP contribution in [0.5, 0.6) is 0 Å². The third-order valence-corrected chi connectivity index (χ3v) is 4.55. The fraction of sp³-hybridized carbons (Fsp3) is 0.0435. The Morgan fingerprint density at radius 2 is 1.50 bits per heavy atom. The van der Waals surface area contributed by atoms with Crippen LogP contribution in [-0.2, 0) is 4.79 Å². The molecule has 0 fully saturated rings. The standard InChI is InChI=1S/C23H19BrN2O2/c1-16-7-9-18(10-8-16)22(27)26-21(15-17-5-3-2-4-6-17)23(28)25-20-13-11-19(24)12-14-20/h2-15H,1H3,(H,25,28)(H,26,27)/b21-15+. The third-order valence-electron chi connectivity index (χ3n) is 4.02. The summed E-state index contributed by atoms with van der Waals surface area (Å²) in [5, 5.41) is 5.55. The second kappa shape index (κ2) is 9.15. The van der Waals surface area contributed by atoms with Crippen LogP contribution in [0.25, 0.3) is 6.08 Å². The van der Waals surface area contributed by atoms with E-state index in [0.717, 1.165) is 15.6 Å². The van der Waals surface area contributed by atoms with E-state index in [1.807, 2.05) is 61.5 Å². The van der Waals surface area contributed by atoms with E-state index in [9.17, 15) is 9.59 Å². The maximum Gasteiger partial charge on any atom is 0.272 e. The molecule has 0 spiro atoms. The van der Waals surface area contributed by atoms with Gasteiger partial charge in [0.05, 0.1) is 0 Å². The topological polar surface area (TPSA) is 58.2 Å². The minimum atomic E-state index is -0.397. The molecule has 3 aromatic rings. The van der Waals surface area contributed by atoms with E-state index in [0.29, 0.717) is 11.3 Å². The summed E-state index contributed by atoms with van der Waals surface area (Å²) in [5.41, 5.74) is 3.16. The molecule has 5 heteroatoms. The van der Waals surface area contributed by atoms with Crippen LogP contribution in [-0.4, -0.2) is 11.8 Å². The lowest BCUT2D eigenvalue weighted by atomic mass is 10.1. The number of halogens is 1. The molecule has 3 aromatic carbocycles. The summed E-state index contributed by atoms with van der Waals surface area (Å²) in [6, 6.07) is 23.8. The lowest BCUT2D eigenvalue weighted by molar-refractivity contribution is -0.113. The summed E-state index contributed by atoms with van der Waals surface area (Å²) in [6.07, 6.45) is 1.65. The summed E-state index contributed by atoms with van der Waals surface area (Å²) in [6.45, 7) is 1.95. The zero-order valence-corrected chi connectivity index (χ0v) is 16.9. The van der Waals surface area contributed by atoms with Gasteiger partial charge in [-0.1, -0.05) is 64.0 Å². The highest BCUT2D eigenvalue weighted by molar-refractivity contribution is 9.10. The molecule has 0 unspecified atom stereocenters. The van der Waals surface area contributed by atoms with Crippen molar-refractivity contribution in [3.8, 4) is 0 Å². The number of hydrogen-bond acceptors (Lipinski definition) is 2. The molecule has 0 aliphatic rings. The van der Waals surface area contributed by atoms with Crippen molar-refractivity contribution < 1.29 is 9.59 Å². The number of amides is 2. The molecule has 0 aromatic heterocycles. The van der Waals surface area contributed by atoms with Gasteiger partial charge >= 0.3 is 0 Å². The molecule has 3 rings (SSSR count). The molecule has 0 aliphatic heterocycles. The molecular formula is C23H19BrN2O2. The average molecular weight is 435 g/mol.